The lowest BCUT2D eigenvalue weighted by Crippen LogP contribution is -2.59. The van der Waals surface area contributed by atoms with Gasteiger partial charge >= 0.3 is 5.92 Å². The van der Waals surface area contributed by atoms with Crippen LogP contribution in [0.25, 0.3) is 0 Å². The van der Waals surface area contributed by atoms with Crippen molar-refractivity contribution in [2.75, 3.05) is 6.54 Å². The van der Waals surface area contributed by atoms with Gasteiger partial charge < -0.3 is 16.0 Å². The first-order valence-corrected chi connectivity index (χ1v) is 15.9. The zero-order valence-corrected chi connectivity index (χ0v) is 28.0. The minimum absolute atomic E-state index is 0.0448. The molecule has 246 valence electrons. The van der Waals surface area contributed by atoms with Crippen LogP contribution in [0.4, 0.5) is 8.78 Å². The maximum absolute atomic E-state index is 15.1. The van der Waals surface area contributed by atoms with Gasteiger partial charge in [-0.1, -0.05) is 103 Å². The highest BCUT2D eigenvalue weighted by atomic mass is 35.5. The molecule has 0 saturated heterocycles. The Morgan fingerprint density at radius 2 is 1.33 bits per heavy atom. The molecule has 0 spiro atoms. The SMILES string of the molecule is CC(C)[C@H](NC(=O)C(Cc1ccc(Cl)c(Cl)c1)NC(=O)CCc1ccc(Cl)c(Cl)c1)C(=O)C(F)(F)C(=O)NCCc1ccccc1. The maximum Gasteiger partial charge on any atom is 0.383 e. The molecule has 0 aliphatic rings. The van der Waals surface area contributed by atoms with Crippen molar-refractivity contribution in [3.8, 4) is 0 Å². The second kappa shape index (κ2) is 17.1. The number of benzene rings is 3. The molecule has 0 aliphatic carbocycles. The first-order chi connectivity index (χ1) is 21.7. The molecule has 0 bridgehead atoms. The highest BCUT2D eigenvalue weighted by molar-refractivity contribution is 6.42. The summed E-state index contributed by atoms with van der Waals surface area (Å²) in [5.41, 5.74) is 2.05. The Hall–Kier alpha value is -3.24. The molecule has 2 atom stereocenters. The van der Waals surface area contributed by atoms with E-state index in [0.29, 0.717) is 15.6 Å². The van der Waals surface area contributed by atoms with E-state index in [9.17, 15) is 19.2 Å². The molecule has 3 rings (SSSR count). The molecule has 0 fully saturated rings. The molecule has 3 N–H and O–H groups in total. The van der Waals surface area contributed by atoms with Crippen LogP contribution in [-0.2, 0) is 38.4 Å². The molecule has 0 heterocycles. The molecule has 46 heavy (non-hydrogen) atoms. The number of hydrogen-bond acceptors (Lipinski definition) is 4. The molecule has 0 aliphatic heterocycles. The Kier molecular flexibility index (Phi) is 13.8. The molecule has 7 nitrogen and oxygen atoms in total. The van der Waals surface area contributed by atoms with Crippen molar-refractivity contribution < 1.29 is 28.0 Å². The molecular formula is C33H33Cl4F2N3O4. The minimum atomic E-state index is -4.43. The van der Waals surface area contributed by atoms with Crippen LogP contribution in [0.1, 0.15) is 37.0 Å². The van der Waals surface area contributed by atoms with Crippen LogP contribution < -0.4 is 16.0 Å². The lowest BCUT2D eigenvalue weighted by molar-refractivity contribution is -0.161. The van der Waals surface area contributed by atoms with Gasteiger partial charge in [-0.15, -0.1) is 0 Å². The van der Waals surface area contributed by atoms with Crippen LogP contribution in [0, 0.1) is 5.92 Å². The van der Waals surface area contributed by atoms with E-state index in [1.807, 2.05) is 0 Å². The van der Waals surface area contributed by atoms with Crippen LogP contribution in [0.15, 0.2) is 66.7 Å². The van der Waals surface area contributed by atoms with Crippen molar-refractivity contribution in [1.82, 2.24) is 16.0 Å². The summed E-state index contributed by atoms with van der Waals surface area (Å²) in [4.78, 5) is 52.0. The summed E-state index contributed by atoms with van der Waals surface area (Å²) in [6.45, 7) is 2.79. The predicted molar refractivity (Wildman–Crippen MR) is 177 cm³/mol. The summed E-state index contributed by atoms with van der Waals surface area (Å²) in [7, 11) is 0. The molecule has 0 saturated carbocycles. The van der Waals surface area contributed by atoms with Crippen LogP contribution in [-0.4, -0.2) is 48.1 Å². The Morgan fingerprint density at radius 3 is 1.91 bits per heavy atom. The van der Waals surface area contributed by atoms with E-state index in [1.54, 1.807) is 54.6 Å². The van der Waals surface area contributed by atoms with Gasteiger partial charge in [-0.3, -0.25) is 19.2 Å². The summed E-state index contributed by atoms with van der Waals surface area (Å²) < 4.78 is 30.3. The van der Waals surface area contributed by atoms with Crippen molar-refractivity contribution in [1.29, 1.82) is 0 Å². The van der Waals surface area contributed by atoms with Crippen molar-refractivity contribution in [3.05, 3.63) is 104 Å². The molecule has 1 unspecified atom stereocenters. The number of Topliss-reactive ketones (excluding diaryl/α,β-unsaturated/α-hetero) is 1. The highest BCUT2D eigenvalue weighted by Gasteiger charge is 2.51. The second-order valence-corrected chi connectivity index (χ2v) is 12.6. The summed E-state index contributed by atoms with van der Waals surface area (Å²) in [6.07, 6.45) is 0.401. The van der Waals surface area contributed by atoms with Gasteiger partial charge in [0, 0.05) is 19.4 Å². The smallest absolute Gasteiger partial charge is 0.350 e. The predicted octanol–water partition coefficient (Wildman–Crippen LogP) is 6.66. The van der Waals surface area contributed by atoms with E-state index in [-0.39, 0.29) is 42.3 Å². The fraction of sp³-hybridized carbons (Fsp3) is 0.333. The van der Waals surface area contributed by atoms with Crippen molar-refractivity contribution in [3.63, 3.8) is 0 Å². The van der Waals surface area contributed by atoms with Crippen molar-refractivity contribution in [2.45, 2.75) is 57.5 Å². The number of hydrogen-bond donors (Lipinski definition) is 3. The van der Waals surface area contributed by atoms with Gasteiger partial charge in [-0.25, -0.2) is 0 Å². The monoisotopic (exact) mass is 713 g/mol. The molecule has 0 radical (unpaired) electrons. The number of ketones is 1. The fourth-order valence-corrected chi connectivity index (χ4v) is 5.14. The van der Waals surface area contributed by atoms with Gasteiger partial charge in [0.05, 0.1) is 26.1 Å². The molecule has 13 heteroatoms. The number of nitrogens with one attached hydrogen (secondary N) is 3. The third-order valence-electron chi connectivity index (χ3n) is 7.08. The van der Waals surface area contributed by atoms with Crippen molar-refractivity contribution in [2.24, 2.45) is 5.92 Å². The third-order valence-corrected chi connectivity index (χ3v) is 8.56. The average molecular weight is 715 g/mol. The van der Waals surface area contributed by atoms with Crippen molar-refractivity contribution >= 4 is 69.9 Å². The number of amides is 3. The molecule has 3 aromatic rings. The van der Waals surface area contributed by atoms with E-state index in [0.717, 1.165) is 11.1 Å². The van der Waals surface area contributed by atoms with Crippen LogP contribution in [0.2, 0.25) is 20.1 Å². The summed E-state index contributed by atoms with van der Waals surface area (Å²) in [5, 5.41) is 8.23. The summed E-state index contributed by atoms with van der Waals surface area (Å²) >= 11 is 24.2. The van der Waals surface area contributed by atoms with E-state index in [4.69, 9.17) is 46.4 Å². The molecule has 3 aromatic carbocycles. The zero-order chi connectivity index (χ0) is 34.0. The first kappa shape index (κ1) is 37.2. The van der Waals surface area contributed by atoms with Gasteiger partial charge in [0.1, 0.15) is 6.04 Å². The van der Waals surface area contributed by atoms with Gasteiger partial charge in [0.15, 0.2) is 0 Å². The Bertz CT molecular complexity index is 1560. The second-order valence-electron chi connectivity index (χ2n) is 11.0. The lowest BCUT2D eigenvalue weighted by atomic mass is 9.94. The third kappa shape index (κ3) is 10.7. The fourth-order valence-electron chi connectivity index (χ4n) is 4.50. The summed E-state index contributed by atoms with van der Waals surface area (Å²) in [6, 6.07) is 15.4. The van der Waals surface area contributed by atoms with Gasteiger partial charge in [0.25, 0.3) is 5.91 Å². The van der Waals surface area contributed by atoms with Crippen LogP contribution in [0.3, 0.4) is 0 Å². The average Bonchev–Trinajstić information content (AvgIpc) is 3.01. The zero-order valence-electron chi connectivity index (χ0n) is 25.0. The minimum Gasteiger partial charge on any atom is -0.350 e. The number of rotatable bonds is 15. The number of halogens is 6. The standard InChI is InChI=1S/C33H33Cl4F2N3O4/c1-19(2)29(30(44)33(38,39)32(46)40-15-14-20-6-4-3-5-7-20)42-31(45)27(18-22-9-12-24(35)26(37)17-22)41-28(43)13-10-21-8-11-23(34)25(36)16-21/h3-9,11-12,16-17,19,27,29H,10,13-15,18H2,1-2H3,(H,40,46)(H,41,43)(H,42,45)/t27?,29-/m0/s1. The van der Waals surface area contributed by atoms with E-state index in [2.05, 4.69) is 16.0 Å². The van der Waals surface area contributed by atoms with Crippen LogP contribution >= 0.6 is 46.4 Å². The topological polar surface area (TPSA) is 104 Å². The summed E-state index contributed by atoms with van der Waals surface area (Å²) in [5.74, 6) is -10.2. The number of carbonyl (C=O) groups is 4. The molecule has 0 aromatic heterocycles. The maximum atomic E-state index is 15.1. The number of aryl methyl sites for hydroxylation is 1. The van der Waals surface area contributed by atoms with Gasteiger partial charge in [-0.2, -0.15) is 8.78 Å². The quantitative estimate of drug-likeness (QED) is 0.153. The largest absolute Gasteiger partial charge is 0.383 e. The lowest BCUT2D eigenvalue weighted by Gasteiger charge is -2.27. The molecule has 3 amide bonds. The normalized spacial score (nSPS) is 12.7. The van der Waals surface area contributed by atoms with E-state index < -0.39 is 47.4 Å². The van der Waals surface area contributed by atoms with Crippen LogP contribution in [0.5, 0.6) is 0 Å². The van der Waals surface area contributed by atoms with E-state index in [1.165, 1.54) is 26.0 Å². The molecular weight excluding hydrogens is 682 g/mol. The first-order valence-electron chi connectivity index (χ1n) is 14.4. The highest BCUT2D eigenvalue weighted by Crippen LogP contribution is 2.25. The Balaban J connectivity index is 1.73. The Morgan fingerprint density at radius 1 is 0.739 bits per heavy atom. The number of alkyl halides is 2. The van der Waals surface area contributed by atoms with E-state index >= 15 is 8.78 Å². The Labute approximate surface area is 286 Å². The van der Waals surface area contributed by atoms with Gasteiger partial charge in [0.2, 0.25) is 17.6 Å². The number of carbonyl (C=O) groups excluding carboxylic acids is 4. The van der Waals surface area contributed by atoms with Gasteiger partial charge in [-0.05, 0) is 59.7 Å².